The van der Waals surface area contributed by atoms with Crippen LogP contribution in [0.2, 0.25) is 0 Å². The van der Waals surface area contributed by atoms with Crippen LogP contribution in [0.1, 0.15) is 28.6 Å². The first-order valence-electron chi connectivity index (χ1n) is 10.7. The summed E-state index contributed by atoms with van der Waals surface area (Å²) in [5.74, 6) is -1.02. The number of morpholine rings is 1. The highest BCUT2D eigenvalue weighted by Gasteiger charge is 2.47. The van der Waals surface area contributed by atoms with Crippen molar-refractivity contribution < 1.29 is 24.2 Å². The Kier molecular flexibility index (Phi) is 6.29. The maximum Gasteiger partial charge on any atom is 0.295 e. The minimum atomic E-state index is -0.763. The number of H-pyrrole nitrogens is 1. The summed E-state index contributed by atoms with van der Waals surface area (Å²) in [6, 6.07) is 6.49. The minimum Gasteiger partial charge on any atom is -0.507 e. The summed E-state index contributed by atoms with van der Waals surface area (Å²) in [7, 11) is 1.54. The molecule has 32 heavy (non-hydrogen) atoms. The summed E-state index contributed by atoms with van der Waals surface area (Å²) >= 11 is 0. The molecule has 1 aromatic carbocycles. The molecule has 0 radical (unpaired) electrons. The van der Waals surface area contributed by atoms with Crippen LogP contribution >= 0.6 is 0 Å². The molecule has 1 amide bonds. The average molecular weight is 441 g/mol. The lowest BCUT2D eigenvalue weighted by molar-refractivity contribution is -0.140. The number of rotatable bonds is 6. The first kappa shape index (κ1) is 22.0. The highest BCUT2D eigenvalue weighted by Crippen LogP contribution is 2.43. The Morgan fingerprint density at radius 3 is 2.59 bits per heavy atom. The van der Waals surface area contributed by atoms with E-state index in [-0.39, 0.29) is 11.3 Å². The van der Waals surface area contributed by atoms with Crippen molar-refractivity contribution in [3.8, 4) is 5.75 Å². The third-order valence-corrected chi connectivity index (χ3v) is 6.10. The normalized spacial score (nSPS) is 21.3. The average Bonchev–Trinajstić information content (AvgIpc) is 3.28. The SMILES string of the molecule is COc1ccccc1[C@@H]1/C(=C(\O)c2c(C)n[nH]c2C)C(=O)C(=O)N1CCN1CCOCC1. The van der Waals surface area contributed by atoms with E-state index < -0.39 is 17.7 Å². The Morgan fingerprint density at radius 1 is 1.22 bits per heavy atom. The van der Waals surface area contributed by atoms with Crippen molar-refractivity contribution in [2.75, 3.05) is 46.5 Å². The summed E-state index contributed by atoms with van der Waals surface area (Å²) in [4.78, 5) is 30.1. The number of aromatic amines is 1. The van der Waals surface area contributed by atoms with Gasteiger partial charge in [0.25, 0.3) is 11.7 Å². The smallest absolute Gasteiger partial charge is 0.295 e. The number of carbonyl (C=O) groups excluding carboxylic acids is 2. The lowest BCUT2D eigenvalue weighted by atomic mass is 9.94. The van der Waals surface area contributed by atoms with Gasteiger partial charge in [-0.05, 0) is 19.9 Å². The van der Waals surface area contributed by atoms with Gasteiger partial charge in [0.1, 0.15) is 11.5 Å². The van der Waals surface area contributed by atoms with Crippen molar-refractivity contribution in [1.82, 2.24) is 20.0 Å². The van der Waals surface area contributed by atoms with Crippen LogP contribution in [0.15, 0.2) is 29.8 Å². The Labute approximate surface area is 186 Å². The van der Waals surface area contributed by atoms with Crippen LogP contribution in [-0.2, 0) is 14.3 Å². The number of nitrogens with one attached hydrogen (secondary N) is 1. The lowest BCUT2D eigenvalue weighted by Crippen LogP contribution is -2.42. The standard InChI is InChI=1S/C23H28N4O5/c1-14-18(15(2)25-24-14)21(28)19-20(16-6-4-5-7-17(16)31-3)27(23(30)22(19)29)9-8-26-10-12-32-13-11-26/h4-7,20,28H,8-13H2,1-3H3,(H,24,25)/b21-19+/t20-/m1/s1. The number of hydrogen-bond donors (Lipinski definition) is 2. The molecule has 0 aliphatic carbocycles. The van der Waals surface area contributed by atoms with Crippen LogP contribution in [0.5, 0.6) is 5.75 Å². The minimum absolute atomic E-state index is 0.0501. The zero-order valence-corrected chi connectivity index (χ0v) is 18.6. The molecule has 9 nitrogen and oxygen atoms in total. The van der Waals surface area contributed by atoms with Gasteiger partial charge in [0.15, 0.2) is 0 Å². The molecule has 2 aromatic rings. The van der Waals surface area contributed by atoms with E-state index >= 15 is 0 Å². The van der Waals surface area contributed by atoms with Gasteiger partial charge in [0, 0.05) is 37.4 Å². The number of methoxy groups -OCH3 is 1. The number of likely N-dealkylation sites (tertiary alicyclic amines) is 1. The van der Waals surface area contributed by atoms with Crippen molar-refractivity contribution in [3.63, 3.8) is 0 Å². The number of ether oxygens (including phenoxy) is 2. The molecule has 2 N–H and O–H groups in total. The number of carbonyl (C=O) groups is 2. The fourth-order valence-corrected chi connectivity index (χ4v) is 4.43. The fraction of sp³-hybridized carbons (Fsp3) is 0.435. The van der Waals surface area contributed by atoms with E-state index in [1.165, 1.54) is 4.90 Å². The molecule has 2 aliphatic rings. The molecule has 0 unspecified atom stereocenters. The number of aliphatic hydroxyl groups is 1. The second-order valence-corrected chi connectivity index (χ2v) is 8.00. The first-order valence-corrected chi connectivity index (χ1v) is 10.7. The van der Waals surface area contributed by atoms with E-state index in [1.807, 2.05) is 18.2 Å². The highest BCUT2D eigenvalue weighted by molar-refractivity contribution is 6.46. The molecule has 4 rings (SSSR count). The van der Waals surface area contributed by atoms with Gasteiger partial charge < -0.3 is 19.5 Å². The second kappa shape index (κ2) is 9.13. The largest absolute Gasteiger partial charge is 0.507 e. The van der Waals surface area contributed by atoms with Gasteiger partial charge in [-0.15, -0.1) is 0 Å². The molecule has 2 aliphatic heterocycles. The lowest BCUT2D eigenvalue weighted by Gasteiger charge is -2.31. The third-order valence-electron chi connectivity index (χ3n) is 6.10. The molecular formula is C23H28N4O5. The predicted octanol–water partition coefficient (Wildman–Crippen LogP) is 1.79. The van der Waals surface area contributed by atoms with Crippen molar-refractivity contribution in [3.05, 3.63) is 52.4 Å². The number of aliphatic hydroxyl groups excluding tert-OH is 1. The molecule has 1 aromatic heterocycles. The van der Waals surface area contributed by atoms with Crippen LogP contribution in [-0.4, -0.2) is 83.3 Å². The van der Waals surface area contributed by atoms with Gasteiger partial charge in [-0.25, -0.2) is 0 Å². The van der Waals surface area contributed by atoms with Crippen LogP contribution in [0, 0.1) is 13.8 Å². The summed E-state index contributed by atoms with van der Waals surface area (Å²) in [5.41, 5.74) is 2.32. The Balaban J connectivity index is 1.80. The van der Waals surface area contributed by atoms with Gasteiger partial charge in [-0.2, -0.15) is 5.10 Å². The van der Waals surface area contributed by atoms with Gasteiger partial charge in [-0.1, -0.05) is 18.2 Å². The molecule has 2 fully saturated rings. The van der Waals surface area contributed by atoms with Crippen molar-refractivity contribution in [2.24, 2.45) is 0 Å². The number of amides is 1. The van der Waals surface area contributed by atoms with E-state index in [0.717, 1.165) is 13.1 Å². The van der Waals surface area contributed by atoms with Crippen molar-refractivity contribution >= 4 is 17.4 Å². The Morgan fingerprint density at radius 2 is 1.94 bits per heavy atom. The first-order chi connectivity index (χ1) is 15.4. The van der Waals surface area contributed by atoms with Gasteiger partial charge in [0.05, 0.1) is 43.2 Å². The number of benzene rings is 1. The Hall–Kier alpha value is -3.17. The van der Waals surface area contributed by atoms with E-state index in [9.17, 15) is 14.7 Å². The van der Waals surface area contributed by atoms with Crippen LogP contribution in [0.25, 0.3) is 5.76 Å². The third kappa shape index (κ3) is 3.89. The summed E-state index contributed by atoms with van der Waals surface area (Å²) in [6.07, 6.45) is 0. The van der Waals surface area contributed by atoms with E-state index in [0.29, 0.717) is 54.6 Å². The number of hydrogen-bond acceptors (Lipinski definition) is 7. The summed E-state index contributed by atoms with van der Waals surface area (Å²) in [6.45, 7) is 7.29. The van der Waals surface area contributed by atoms with Gasteiger partial charge in [-0.3, -0.25) is 19.6 Å². The number of aryl methyl sites for hydroxylation is 2. The number of ketones is 1. The van der Waals surface area contributed by atoms with Crippen LogP contribution in [0.3, 0.4) is 0 Å². The van der Waals surface area contributed by atoms with Crippen molar-refractivity contribution in [2.45, 2.75) is 19.9 Å². The molecule has 2 saturated heterocycles. The second-order valence-electron chi connectivity index (χ2n) is 8.00. The summed E-state index contributed by atoms with van der Waals surface area (Å²) in [5, 5.41) is 18.2. The molecule has 0 bridgehead atoms. The fourth-order valence-electron chi connectivity index (χ4n) is 4.43. The molecular weight excluding hydrogens is 412 g/mol. The molecule has 1 atom stereocenters. The highest BCUT2D eigenvalue weighted by atomic mass is 16.5. The van der Waals surface area contributed by atoms with Crippen LogP contribution in [0.4, 0.5) is 0 Å². The van der Waals surface area contributed by atoms with Crippen molar-refractivity contribution in [1.29, 1.82) is 0 Å². The zero-order chi connectivity index (χ0) is 22.8. The number of Topliss-reactive ketones (excluding diaryl/α,β-unsaturated/α-hetero) is 1. The maximum absolute atomic E-state index is 13.2. The van der Waals surface area contributed by atoms with E-state index in [1.54, 1.807) is 27.0 Å². The van der Waals surface area contributed by atoms with E-state index in [2.05, 4.69) is 15.1 Å². The number of aromatic nitrogens is 2. The topological polar surface area (TPSA) is 108 Å². The van der Waals surface area contributed by atoms with Gasteiger partial charge in [0.2, 0.25) is 0 Å². The molecule has 3 heterocycles. The molecule has 0 saturated carbocycles. The molecule has 0 spiro atoms. The maximum atomic E-state index is 13.2. The van der Waals surface area contributed by atoms with E-state index in [4.69, 9.17) is 9.47 Å². The quantitative estimate of drug-likeness (QED) is 0.401. The predicted molar refractivity (Wildman–Crippen MR) is 117 cm³/mol. The molecule has 9 heteroatoms. The zero-order valence-electron chi connectivity index (χ0n) is 18.6. The number of nitrogens with zero attached hydrogens (tertiary/aromatic N) is 3. The summed E-state index contributed by atoms with van der Waals surface area (Å²) < 4.78 is 10.9. The Bertz CT molecular complexity index is 1030. The van der Waals surface area contributed by atoms with Crippen LogP contribution < -0.4 is 4.74 Å². The monoisotopic (exact) mass is 440 g/mol. The number of para-hydroxylation sites is 1. The molecule has 170 valence electrons. The van der Waals surface area contributed by atoms with Gasteiger partial charge >= 0.3 is 0 Å².